The van der Waals surface area contributed by atoms with Gasteiger partial charge in [-0.1, -0.05) is 0 Å². The molecule has 1 saturated heterocycles. The molecule has 0 saturated carbocycles. The highest BCUT2D eigenvalue weighted by Crippen LogP contribution is 2.26. The average Bonchev–Trinajstić information content (AvgIpc) is 2.39. The second-order valence-electron chi connectivity index (χ2n) is 4.74. The van der Waals surface area contributed by atoms with Gasteiger partial charge in [-0.2, -0.15) is 0 Å². The molecular weight excluding hydrogens is 248 g/mol. The second kappa shape index (κ2) is 5.91. The van der Waals surface area contributed by atoms with Crippen molar-refractivity contribution < 1.29 is 9.84 Å². The molecule has 1 aliphatic rings. The molecule has 2 heterocycles. The van der Waals surface area contributed by atoms with E-state index in [9.17, 15) is 5.11 Å². The van der Waals surface area contributed by atoms with Crippen molar-refractivity contribution in [3.05, 3.63) is 18.3 Å². The Morgan fingerprint density at radius 3 is 3.00 bits per heavy atom. The predicted octanol–water partition coefficient (Wildman–Crippen LogP) is 1.78. The van der Waals surface area contributed by atoms with Crippen molar-refractivity contribution >= 4 is 17.4 Å². The fraction of sp³-hybridized carbons (Fsp3) is 0.615. The van der Waals surface area contributed by atoms with Crippen molar-refractivity contribution in [1.29, 1.82) is 0 Å². The van der Waals surface area contributed by atoms with Crippen LogP contribution in [0.1, 0.15) is 12.8 Å². The molecule has 0 amide bonds. The topological polar surface area (TPSA) is 45.6 Å². The lowest BCUT2D eigenvalue weighted by Crippen LogP contribution is -2.51. The summed E-state index contributed by atoms with van der Waals surface area (Å²) in [4.78, 5) is 6.55. The number of anilines is 1. The van der Waals surface area contributed by atoms with Crippen LogP contribution in [0.15, 0.2) is 23.4 Å². The van der Waals surface area contributed by atoms with Crippen molar-refractivity contribution in [3.8, 4) is 0 Å². The molecule has 1 aliphatic heterocycles. The first kappa shape index (κ1) is 13.6. The molecule has 0 bridgehead atoms. The van der Waals surface area contributed by atoms with E-state index in [1.54, 1.807) is 18.9 Å². The Kier molecular flexibility index (Phi) is 4.48. The van der Waals surface area contributed by atoms with Gasteiger partial charge in [-0.05, 0) is 31.2 Å². The summed E-state index contributed by atoms with van der Waals surface area (Å²) in [6.45, 7) is 1.97. The van der Waals surface area contributed by atoms with Crippen molar-refractivity contribution in [3.63, 3.8) is 0 Å². The molecular formula is C13H20N2O2S. The van der Waals surface area contributed by atoms with Crippen LogP contribution in [-0.4, -0.2) is 48.8 Å². The number of aliphatic hydroxyl groups is 1. The number of thioether (sulfide) groups is 1. The van der Waals surface area contributed by atoms with E-state index in [1.165, 1.54) is 0 Å². The quantitative estimate of drug-likeness (QED) is 0.843. The van der Waals surface area contributed by atoms with E-state index in [0.29, 0.717) is 13.2 Å². The van der Waals surface area contributed by atoms with Gasteiger partial charge in [0.1, 0.15) is 5.60 Å². The minimum atomic E-state index is -0.731. The van der Waals surface area contributed by atoms with Gasteiger partial charge in [0.25, 0.3) is 0 Å². The number of ether oxygens (including phenoxy) is 1. The Bertz CT molecular complexity index is 381. The second-order valence-corrected chi connectivity index (χ2v) is 5.57. The van der Waals surface area contributed by atoms with Crippen LogP contribution in [0, 0.1) is 0 Å². The van der Waals surface area contributed by atoms with E-state index < -0.39 is 5.60 Å². The molecule has 0 aromatic carbocycles. The van der Waals surface area contributed by atoms with Gasteiger partial charge < -0.3 is 14.7 Å². The van der Waals surface area contributed by atoms with Crippen molar-refractivity contribution in [2.45, 2.75) is 23.5 Å². The fourth-order valence-electron chi connectivity index (χ4n) is 2.40. The molecule has 1 aromatic heterocycles. The Morgan fingerprint density at radius 1 is 1.56 bits per heavy atom. The molecule has 0 radical (unpaired) electrons. The molecule has 4 nitrogen and oxygen atoms in total. The number of β-amino-alcohol motifs (C(OH)–C–C–N with tert-alkyl or cyclic N) is 1. The van der Waals surface area contributed by atoms with Crippen LogP contribution >= 0.6 is 11.8 Å². The van der Waals surface area contributed by atoms with E-state index in [0.717, 1.165) is 30.1 Å². The molecule has 1 fully saturated rings. The summed E-state index contributed by atoms with van der Waals surface area (Å²) < 4.78 is 5.11. The van der Waals surface area contributed by atoms with Gasteiger partial charge in [0.05, 0.1) is 23.5 Å². The zero-order chi connectivity index (χ0) is 13.0. The number of nitrogens with zero attached hydrogens (tertiary/aromatic N) is 2. The summed E-state index contributed by atoms with van der Waals surface area (Å²) in [5.41, 5.74) is 0.340. The molecule has 2 rings (SSSR count). The van der Waals surface area contributed by atoms with E-state index in [1.807, 2.05) is 18.5 Å². The van der Waals surface area contributed by atoms with Gasteiger partial charge >= 0.3 is 0 Å². The molecule has 1 aromatic rings. The van der Waals surface area contributed by atoms with Crippen molar-refractivity contribution in [2.24, 2.45) is 0 Å². The maximum Gasteiger partial charge on any atom is 0.105 e. The van der Waals surface area contributed by atoms with Crippen LogP contribution in [0.5, 0.6) is 0 Å². The summed E-state index contributed by atoms with van der Waals surface area (Å²) >= 11 is 1.63. The molecule has 1 unspecified atom stereocenters. The number of methoxy groups -OCH3 is 1. The minimum absolute atomic E-state index is 0.389. The maximum absolute atomic E-state index is 10.4. The molecule has 100 valence electrons. The molecule has 18 heavy (non-hydrogen) atoms. The van der Waals surface area contributed by atoms with Gasteiger partial charge in [0.2, 0.25) is 0 Å². The van der Waals surface area contributed by atoms with Crippen LogP contribution in [0.25, 0.3) is 0 Å². The van der Waals surface area contributed by atoms with Crippen molar-refractivity contribution in [1.82, 2.24) is 4.98 Å². The first-order valence-electron chi connectivity index (χ1n) is 6.13. The highest BCUT2D eigenvalue weighted by atomic mass is 32.2. The first-order chi connectivity index (χ1) is 8.67. The van der Waals surface area contributed by atoms with Gasteiger partial charge in [-0.15, -0.1) is 11.8 Å². The van der Waals surface area contributed by atoms with Gasteiger partial charge in [-0.25, -0.2) is 4.98 Å². The van der Waals surface area contributed by atoms with Crippen LogP contribution in [0.3, 0.4) is 0 Å². The first-order valence-corrected chi connectivity index (χ1v) is 7.36. The van der Waals surface area contributed by atoms with Gasteiger partial charge in [-0.3, -0.25) is 0 Å². The van der Waals surface area contributed by atoms with E-state index >= 15 is 0 Å². The van der Waals surface area contributed by atoms with Crippen LogP contribution in [0.4, 0.5) is 5.69 Å². The van der Waals surface area contributed by atoms with E-state index in [-0.39, 0.29) is 0 Å². The Labute approximate surface area is 112 Å². The van der Waals surface area contributed by atoms with Crippen molar-refractivity contribution in [2.75, 3.05) is 38.0 Å². The lowest BCUT2D eigenvalue weighted by Gasteiger charge is -2.39. The maximum atomic E-state index is 10.4. The summed E-state index contributed by atoms with van der Waals surface area (Å²) in [6.07, 6.45) is 5.67. The predicted molar refractivity (Wildman–Crippen MR) is 74.3 cm³/mol. The number of hydrogen-bond donors (Lipinski definition) is 1. The molecule has 1 atom stereocenters. The largest absolute Gasteiger partial charge is 0.386 e. The number of pyridine rings is 1. The molecule has 1 N–H and O–H groups in total. The Morgan fingerprint density at radius 2 is 2.39 bits per heavy atom. The zero-order valence-corrected chi connectivity index (χ0v) is 11.7. The third-order valence-corrected chi connectivity index (χ3v) is 3.92. The summed E-state index contributed by atoms with van der Waals surface area (Å²) in [6, 6.07) is 4.08. The van der Waals surface area contributed by atoms with Gasteiger partial charge in [0.15, 0.2) is 0 Å². The fourth-order valence-corrected chi connectivity index (χ4v) is 2.76. The third kappa shape index (κ3) is 3.16. The summed E-state index contributed by atoms with van der Waals surface area (Å²) in [5, 5.41) is 11.4. The highest BCUT2D eigenvalue weighted by Gasteiger charge is 2.33. The van der Waals surface area contributed by atoms with Crippen LogP contribution < -0.4 is 4.90 Å². The standard InChI is InChI=1S/C13H20N2O2S/c1-17-10-13(16)6-3-7-15(9-13)11-4-5-12(18-2)14-8-11/h4-5,8,16H,3,6-7,9-10H2,1-2H3. The Balaban J connectivity index is 2.07. The number of rotatable bonds is 4. The van der Waals surface area contributed by atoms with Gasteiger partial charge in [0, 0.05) is 20.2 Å². The number of hydrogen-bond acceptors (Lipinski definition) is 5. The van der Waals surface area contributed by atoms with E-state index in [2.05, 4.69) is 16.0 Å². The molecule has 0 aliphatic carbocycles. The lowest BCUT2D eigenvalue weighted by molar-refractivity contribution is -0.0393. The van der Waals surface area contributed by atoms with Crippen LogP contribution in [-0.2, 0) is 4.74 Å². The third-order valence-electron chi connectivity index (χ3n) is 3.26. The molecule has 5 heteroatoms. The summed E-state index contributed by atoms with van der Waals surface area (Å²) in [7, 11) is 1.63. The zero-order valence-electron chi connectivity index (χ0n) is 10.9. The van der Waals surface area contributed by atoms with E-state index in [4.69, 9.17) is 4.74 Å². The molecule has 0 spiro atoms. The monoisotopic (exact) mass is 268 g/mol. The SMILES string of the molecule is COCC1(O)CCCN(c2ccc(SC)nc2)C1. The number of piperidine rings is 1. The lowest BCUT2D eigenvalue weighted by atomic mass is 9.93. The normalized spacial score (nSPS) is 24.3. The number of aromatic nitrogens is 1. The smallest absolute Gasteiger partial charge is 0.105 e. The van der Waals surface area contributed by atoms with Crippen LogP contribution in [0.2, 0.25) is 0 Å². The summed E-state index contributed by atoms with van der Waals surface area (Å²) in [5.74, 6) is 0. The Hall–Kier alpha value is -0.780. The minimum Gasteiger partial charge on any atom is -0.386 e. The average molecular weight is 268 g/mol. The highest BCUT2D eigenvalue weighted by molar-refractivity contribution is 7.98.